The third-order valence-corrected chi connectivity index (χ3v) is 5.78. The molecule has 0 spiro atoms. The Morgan fingerprint density at radius 2 is 1.74 bits per heavy atom. The largest absolute Gasteiger partial charge is 0.349 e. The van der Waals surface area contributed by atoms with Crippen LogP contribution in [0.3, 0.4) is 0 Å². The van der Waals surface area contributed by atoms with E-state index in [0.29, 0.717) is 17.3 Å². The van der Waals surface area contributed by atoms with Crippen molar-refractivity contribution in [1.29, 1.82) is 0 Å². The minimum atomic E-state index is -0.313. The molecular weight excluding hydrogens is 418 g/mol. The molecule has 2 aromatic carbocycles. The van der Waals surface area contributed by atoms with Crippen molar-refractivity contribution in [3.8, 4) is 0 Å². The lowest BCUT2D eigenvalue weighted by molar-refractivity contribution is -0.119. The Labute approximate surface area is 182 Å². The van der Waals surface area contributed by atoms with Gasteiger partial charge in [0.1, 0.15) is 17.2 Å². The number of benzene rings is 2. The van der Waals surface area contributed by atoms with Crippen LogP contribution in [0.4, 0.5) is 8.78 Å². The normalized spacial score (nSPS) is 12.1. The number of aromatic nitrogens is 3. The van der Waals surface area contributed by atoms with Crippen LogP contribution < -0.4 is 5.32 Å². The van der Waals surface area contributed by atoms with Gasteiger partial charge in [-0.3, -0.25) is 9.36 Å². The van der Waals surface area contributed by atoms with Gasteiger partial charge in [0.15, 0.2) is 10.8 Å². The Morgan fingerprint density at radius 3 is 2.45 bits per heavy atom. The fraction of sp³-hybridized carbons (Fsp3) is 0.174. The molecule has 4 rings (SSSR count). The maximum atomic E-state index is 13.3. The summed E-state index contributed by atoms with van der Waals surface area (Å²) in [5.41, 5.74) is 3.16. The van der Waals surface area contributed by atoms with Crippen LogP contribution in [0.2, 0.25) is 0 Å². The van der Waals surface area contributed by atoms with Crippen molar-refractivity contribution in [1.82, 2.24) is 19.9 Å². The molecule has 1 atom stereocenters. The predicted octanol–water partition coefficient (Wildman–Crippen LogP) is 4.73. The quantitative estimate of drug-likeness (QED) is 0.424. The van der Waals surface area contributed by atoms with Crippen LogP contribution in [0.25, 0.3) is 11.2 Å². The van der Waals surface area contributed by atoms with Gasteiger partial charge >= 0.3 is 0 Å². The van der Waals surface area contributed by atoms with Crippen LogP contribution in [0.5, 0.6) is 0 Å². The van der Waals surface area contributed by atoms with Crippen molar-refractivity contribution in [2.24, 2.45) is 0 Å². The third-order valence-electron chi connectivity index (χ3n) is 4.80. The minimum Gasteiger partial charge on any atom is -0.349 e. The van der Waals surface area contributed by atoms with Crippen molar-refractivity contribution in [2.75, 3.05) is 5.75 Å². The lowest BCUT2D eigenvalue weighted by atomic mass is 10.1. The maximum Gasteiger partial charge on any atom is 0.230 e. The Bertz CT molecular complexity index is 1190. The second-order valence-electron chi connectivity index (χ2n) is 7.08. The van der Waals surface area contributed by atoms with Gasteiger partial charge in [0.2, 0.25) is 5.91 Å². The molecule has 0 bridgehead atoms. The molecule has 0 aliphatic carbocycles. The molecular formula is C23H20F2N4OS. The molecule has 4 aromatic rings. The maximum absolute atomic E-state index is 13.3. The SMILES string of the molecule is C[C@H](NC(=O)CSc1nc2cccnc2n1Cc1ccc(F)cc1)c1ccc(F)cc1. The Kier molecular flexibility index (Phi) is 6.27. The first kappa shape index (κ1) is 21.0. The van der Waals surface area contributed by atoms with Crippen molar-refractivity contribution in [3.63, 3.8) is 0 Å². The number of nitrogens with zero attached hydrogens (tertiary/aromatic N) is 3. The fourth-order valence-corrected chi connectivity index (χ4v) is 4.02. The number of nitrogens with one attached hydrogen (secondary N) is 1. The van der Waals surface area contributed by atoms with Gasteiger partial charge in [0, 0.05) is 6.20 Å². The first-order valence-corrected chi connectivity index (χ1v) is 10.7. The summed E-state index contributed by atoms with van der Waals surface area (Å²) in [5, 5.41) is 3.57. The zero-order valence-electron chi connectivity index (χ0n) is 16.8. The van der Waals surface area contributed by atoms with E-state index >= 15 is 0 Å². The summed E-state index contributed by atoms with van der Waals surface area (Å²) >= 11 is 1.31. The number of halogens is 2. The summed E-state index contributed by atoms with van der Waals surface area (Å²) in [6, 6.07) is 15.8. The summed E-state index contributed by atoms with van der Waals surface area (Å²) in [5.74, 6) is -0.598. The molecule has 8 heteroatoms. The molecule has 0 radical (unpaired) electrons. The number of thioether (sulfide) groups is 1. The number of pyridine rings is 1. The highest BCUT2D eigenvalue weighted by Gasteiger charge is 2.16. The monoisotopic (exact) mass is 438 g/mol. The van der Waals surface area contributed by atoms with Crippen molar-refractivity contribution in [2.45, 2.75) is 24.7 Å². The van der Waals surface area contributed by atoms with E-state index in [2.05, 4.69) is 15.3 Å². The molecule has 0 fully saturated rings. The highest BCUT2D eigenvalue weighted by Crippen LogP contribution is 2.24. The summed E-state index contributed by atoms with van der Waals surface area (Å²) in [7, 11) is 0. The third kappa shape index (κ3) is 5.08. The number of carbonyl (C=O) groups excluding carboxylic acids is 1. The number of rotatable bonds is 7. The lowest BCUT2D eigenvalue weighted by Crippen LogP contribution is -2.28. The molecule has 0 aliphatic heterocycles. The number of hydrogen-bond acceptors (Lipinski definition) is 4. The van der Waals surface area contributed by atoms with E-state index in [-0.39, 0.29) is 29.3 Å². The molecule has 1 amide bonds. The van der Waals surface area contributed by atoms with Crippen molar-refractivity contribution in [3.05, 3.63) is 89.6 Å². The van der Waals surface area contributed by atoms with Crippen LogP contribution in [0.15, 0.2) is 72.0 Å². The molecule has 1 N–H and O–H groups in total. The van der Waals surface area contributed by atoms with E-state index < -0.39 is 0 Å². The number of amides is 1. The Balaban J connectivity index is 1.48. The molecule has 31 heavy (non-hydrogen) atoms. The average molecular weight is 439 g/mol. The van der Waals surface area contributed by atoms with E-state index in [1.54, 1.807) is 30.5 Å². The van der Waals surface area contributed by atoms with Crippen molar-refractivity contribution >= 4 is 28.8 Å². The van der Waals surface area contributed by atoms with E-state index in [4.69, 9.17) is 0 Å². The van der Waals surface area contributed by atoms with Gasteiger partial charge in [0.05, 0.1) is 18.3 Å². The Morgan fingerprint density at radius 1 is 1.06 bits per heavy atom. The van der Waals surface area contributed by atoms with Crippen LogP contribution in [0, 0.1) is 11.6 Å². The van der Waals surface area contributed by atoms with Crippen LogP contribution in [-0.2, 0) is 11.3 Å². The smallest absolute Gasteiger partial charge is 0.230 e. The molecule has 2 aromatic heterocycles. The second-order valence-corrected chi connectivity index (χ2v) is 8.03. The molecule has 158 valence electrons. The first-order valence-electron chi connectivity index (χ1n) is 9.73. The summed E-state index contributed by atoms with van der Waals surface area (Å²) in [4.78, 5) is 21.5. The summed E-state index contributed by atoms with van der Waals surface area (Å²) < 4.78 is 28.3. The number of fused-ring (bicyclic) bond motifs is 1. The predicted molar refractivity (Wildman–Crippen MR) is 117 cm³/mol. The zero-order valence-corrected chi connectivity index (χ0v) is 17.6. The topological polar surface area (TPSA) is 59.8 Å². The summed E-state index contributed by atoms with van der Waals surface area (Å²) in [6.07, 6.45) is 1.69. The van der Waals surface area contributed by atoms with E-state index in [1.807, 2.05) is 23.6 Å². The van der Waals surface area contributed by atoms with Crippen molar-refractivity contribution < 1.29 is 13.6 Å². The van der Waals surface area contributed by atoms with Crippen LogP contribution in [-0.4, -0.2) is 26.2 Å². The number of hydrogen-bond donors (Lipinski definition) is 1. The van der Waals surface area contributed by atoms with Gasteiger partial charge in [-0.2, -0.15) is 0 Å². The summed E-state index contributed by atoms with van der Waals surface area (Å²) in [6.45, 7) is 2.31. The minimum absolute atomic E-state index is 0.157. The average Bonchev–Trinajstić information content (AvgIpc) is 3.11. The second kappa shape index (κ2) is 9.26. The van der Waals surface area contributed by atoms with E-state index in [1.165, 1.54) is 36.0 Å². The molecule has 0 unspecified atom stereocenters. The first-order chi connectivity index (χ1) is 15.0. The standard InChI is InChI=1S/C23H20F2N4OS/c1-15(17-6-10-19(25)11-7-17)27-21(30)14-31-23-28-20-3-2-12-26-22(20)29(23)13-16-4-8-18(24)9-5-16/h2-12,15H,13-14H2,1H3,(H,27,30)/t15-/m0/s1. The van der Waals surface area contributed by atoms with Gasteiger partial charge in [-0.15, -0.1) is 0 Å². The van der Waals surface area contributed by atoms with Crippen LogP contribution >= 0.6 is 11.8 Å². The molecule has 2 heterocycles. The van der Waals surface area contributed by atoms with Crippen LogP contribution in [0.1, 0.15) is 24.1 Å². The highest BCUT2D eigenvalue weighted by atomic mass is 32.2. The van der Waals surface area contributed by atoms with Gasteiger partial charge < -0.3 is 5.32 Å². The highest BCUT2D eigenvalue weighted by molar-refractivity contribution is 7.99. The molecule has 0 saturated carbocycles. The number of carbonyl (C=O) groups is 1. The lowest BCUT2D eigenvalue weighted by Gasteiger charge is -2.14. The molecule has 5 nitrogen and oxygen atoms in total. The zero-order chi connectivity index (χ0) is 21.8. The number of imidazole rings is 1. The van der Waals surface area contributed by atoms with Gasteiger partial charge in [-0.1, -0.05) is 36.0 Å². The van der Waals surface area contributed by atoms with Gasteiger partial charge in [0.25, 0.3) is 0 Å². The Hall–Kier alpha value is -3.26. The van der Waals surface area contributed by atoms with Gasteiger partial charge in [-0.25, -0.2) is 18.7 Å². The van der Waals surface area contributed by atoms with Gasteiger partial charge in [-0.05, 0) is 54.4 Å². The molecule has 0 saturated heterocycles. The van der Waals surface area contributed by atoms with E-state index in [9.17, 15) is 13.6 Å². The molecule has 0 aliphatic rings. The fourth-order valence-electron chi connectivity index (χ4n) is 3.21. The van der Waals surface area contributed by atoms with E-state index in [0.717, 1.165) is 16.6 Å².